The number of nitrogens with one attached hydrogen (secondary N) is 1. The van der Waals surface area contributed by atoms with Gasteiger partial charge in [-0.15, -0.1) is 0 Å². The number of amides is 1. The van der Waals surface area contributed by atoms with Crippen molar-refractivity contribution in [2.45, 2.75) is 43.8 Å². The second kappa shape index (κ2) is 11.7. The molecule has 3 aromatic rings. The first-order valence-electron chi connectivity index (χ1n) is 10.4. The van der Waals surface area contributed by atoms with E-state index in [0.29, 0.717) is 58.8 Å². The quantitative estimate of drug-likeness (QED) is 0.246. The molecule has 2 aromatic carbocycles. The molecule has 0 aliphatic carbocycles. The molecule has 0 saturated carbocycles. The minimum Gasteiger partial charge on any atom is -0.382 e. The van der Waals surface area contributed by atoms with Gasteiger partial charge in [0.15, 0.2) is 5.16 Å². The van der Waals surface area contributed by atoms with Crippen LogP contribution in [0.1, 0.15) is 25.8 Å². The van der Waals surface area contributed by atoms with E-state index in [1.807, 2.05) is 19.1 Å². The molecule has 0 saturated heterocycles. The van der Waals surface area contributed by atoms with Crippen LogP contribution < -0.4 is 10.9 Å². The molecule has 0 aliphatic heterocycles. The summed E-state index contributed by atoms with van der Waals surface area (Å²) in [6.07, 6.45) is 0.666. The Morgan fingerprint density at radius 2 is 1.91 bits per heavy atom. The first-order chi connectivity index (χ1) is 15.4. The third-order valence-corrected chi connectivity index (χ3v) is 6.37. The smallest absolute Gasteiger partial charge is 0.262 e. The molecule has 0 aliphatic rings. The zero-order valence-electron chi connectivity index (χ0n) is 17.9. The van der Waals surface area contributed by atoms with Gasteiger partial charge in [0.05, 0.1) is 16.2 Å². The highest BCUT2D eigenvalue weighted by molar-refractivity contribution is 8.00. The van der Waals surface area contributed by atoms with Crippen molar-refractivity contribution in [3.63, 3.8) is 0 Å². The first kappa shape index (κ1) is 24.6. The lowest BCUT2D eigenvalue weighted by Crippen LogP contribution is -2.31. The summed E-state index contributed by atoms with van der Waals surface area (Å²) in [4.78, 5) is 30.5. The number of carbonyl (C=O) groups is 1. The van der Waals surface area contributed by atoms with Crippen LogP contribution in [0.3, 0.4) is 0 Å². The zero-order chi connectivity index (χ0) is 23.1. The fourth-order valence-corrected chi connectivity index (χ4v) is 4.33. The lowest BCUT2D eigenvalue weighted by atomic mass is 10.2. The standard InChI is InChI=1S/C23H25Cl2N3O3S/c1-3-31-12-4-11-28-22(30)19-10-9-18(25)13-20(19)27-23(28)32-15(2)21(29)26-14-16-5-7-17(24)8-6-16/h5-10,13,15H,3-4,11-12,14H2,1-2H3,(H,26,29). The van der Waals surface area contributed by atoms with Crippen LogP contribution in [0.25, 0.3) is 10.9 Å². The SMILES string of the molecule is CCOCCCn1c(SC(C)C(=O)NCc2ccc(Cl)cc2)nc2cc(Cl)ccc2c1=O. The minimum absolute atomic E-state index is 0.147. The molecule has 0 bridgehead atoms. The van der Waals surface area contributed by atoms with Gasteiger partial charge in [0.1, 0.15) is 0 Å². The Hall–Kier alpha value is -2.06. The van der Waals surface area contributed by atoms with E-state index in [9.17, 15) is 9.59 Å². The van der Waals surface area contributed by atoms with E-state index in [2.05, 4.69) is 10.3 Å². The van der Waals surface area contributed by atoms with Crippen molar-refractivity contribution >= 4 is 51.8 Å². The Labute approximate surface area is 201 Å². The Balaban J connectivity index is 1.78. The fraction of sp³-hybridized carbons (Fsp3) is 0.348. The predicted molar refractivity (Wildman–Crippen MR) is 131 cm³/mol. The Bertz CT molecular complexity index is 1140. The van der Waals surface area contributed by atoms with E-state index in [4.69, 9.17) is 27.9 Å². The summed E-state index contributed by atoms with van der Waals surface area (Å²) in [5.74, 6) is -0.147. The number of halogens is 2. The molecule has 0 spiro atoms. The van der Waals surface area contributed by atoms with Crippen molar-refractivity contribution in [1.82, 2.24) is 14.9 Å². The van der Waals surface area contributed by atoms with Crippen LogP contribution in [0, 0.1) is 0 Å². The van der Waals surface area contributed by atoms with Crippen LogP contribution in [0.5, 0.6) is 0 Å². The maximum atomic E-state index is 13.1. The summed E-state index contributed by atoms with van der Waals surface area (Å²) in [6, 6.07) is 12.3. The number of nitrogens with zero attached hydrogens (tertiary/aromatic N) is 2. The van der Waals surface area contributed by atoms with Crippen LogP contribution in [-0.2, 0) is 22.6 Å². The van der Waals surface area contributed by atoms with E-state index in [-0.39, 0.29) is 11.5 Å². The van der Waals surface area contributed by atoms with E-state index < -0.39 is 5.25 Å². The molecular weight excluding hydrogens is 469 g/mol. The molecule has 1 heterocycles. The number of hydrogen-bond acceptors (Lipinski definition) is 5. The number of benzene rings is 2. The molecule has 6 nitrogen and oxygen atoms in total. The maximum absolute atomic E-state index is 13.1. The summed E-state index contributed by atoms with van der Waals surface area (Å²) < 4.78 is 7.02. The van der Waals surface area contributed by atoms with Gasteiger partial charge in [-0.05, 0) is 56.2 Å². The van der Waals surface area contributed by atoms with Crippen molar-refractivity contribution < 1.29 is 9.53 Å². The number of ether oxygens (including phenoxy) is 1. The van der Waals surface area contributed by atoms with Crippen molar-refractivity contribution in [2.75, 3.05) is 13.2 Å². The van der Waals surface area contributed by atoms with Crippen LogP contribution in [0.15, 0.2) is 52.4 Å². The highest BCUT2D eigenvalue weighted by atomic mass is 35.5. The normalized spacial score (nSPS) is 12.1. The number of aromatic nitrogens is 2. The van der Waals surface area contributed by atoms with Crippen molar-refractivity contribution in [2.24, 2.45) is 0 Å². The van der Waals surface area contributed by atoms with Gasteiger partial charge in [-0.25, -0.2) is 4.98 Å². The van der Waals surface area contributed by atoms with E-state index >= 15 is 0 Å². The summed E-state index contributed by atoms with van der Waals surface area (Å²) in [5.41, 5.74) is 1.31. The maximum Gasteiger partial charge on any atom is 0.262 e. The molecule has 0 fully saturated rings. The Morgan fingerprint density at radius 1 is 1.19 bits per heavy atom. The molecule has 0 radical (unpaired) electrons. The lowest BCUT2D eigenvalue weighted by Gasteiger charge is -2.16. The molecule has 1 unspecified atom stereocenters. The molecule has 1 amide bonds. The van der Waals surface area contributed by atoms with Gasteiger partial charge in [0, 0.05) is 36.3 Å². The number of fused-ring (bicyclic) bond motifs is 1. The molecule has 9 heteroatoms. The summed E-state index contributed by atoms with van der Waals surface area (Å²) in [7, 11) is 0. The highest BCUT2D eigenvalue weighted by Gasteiger charge is 2.19. The number of thioether (sulfide) groups is 1. The van der Waals surface area contributed by atoms with Gasteiger partial charge in [0.2, 0.25) is 5.91 Å². The van der Waals surface area contributed by atoms with Gasteiger partial charge in [-0.1, -0.05) is 47.1 Å². The number of hydrogen-bond donors (Lipinski definition) is 1. The van der Waals surface area contributed by atoms with E-state index in [1.165, 1.54) is 11.8 Å². The molecule has 1 atom stereocenters. The Morgan fingerprint density at radius 3 is 2.62 bits per heavy atom. The van der Waals surface area contributed by atoms with E-state index in [1.54, 1.807) is 41.8 Å². The van der Waals surface area contributed by atoms with Crippen molar-refractivity contribution in [3.8, 4) is 0 Å². The zero-order valence-corrected chi connectivity index (χ0v) is 20.3. The minimum atomic E-state index is -0.455. The van der Waals surface area contributed by atoms with Crippen LogP contribution >= 0.6 is 35.0 Å². The molecule has 170 valence electrons. The highest BCUT2D eigenvalue weighted by Crippen LogP contribution is 2.24. The van der Waals surface area contributed by atoms with Gasteiger partial charge >= 0.3 is 0 Å². The fourth-order valence-electron chi connectivity index (χ4n) is 3.08. The van der Waals surface area contributed by atoms with Crippen LogP contribution in [0.4, 0.5) is 0 Å². The molecule has 3 rings (SSSR count). The average molecular weight is 494 g/mol. The molecule has 32 heavy (non-hydrogen) atoms. The number of rotatable bonds is 10. The largest absolute Gasteiger partial charge is 0.382 e. The monoisotopic (exact) mass is 493 g/mol. The van der Waals surface area contributed by atoms with Gasteiger partial charge in [0.25, 0.3) is 5.56 Å². The van der Waals surface area contributed by atoms with Crippen molar-refractivity contribution in [3.05, 3.63) is 68.4 Å². The van der Waals surface area contributed by atoms with Gasteiger partial charge < -0.3 is 10.1 Å². The average Bonchev–Trinajstić information content (AvgIpc) is 2.77. The van der Waals surface area contributed by atoms with E-state index in [0.717, 1.165) is 5.56 Å². The first-order valence-corrected chi connectivity index (χ1v) is 12.0. The molecule has 1 N–H and O–H groups in total. The van der Waals surface area contributed by atoms with Gasteiger partial charge in [-0.3, -0.25) is 14.2 Å². The van der Waals surface area contributed by atoms with Crippen LogP contribution in [-0.4, -0.2) is 33.9 Å². The van der Waals surface area contributed by atoms with Crippen molar-refractivity contribution in [1.29, 1.82) is 0 Å². The summed E-state index contributed by atoms with van der Waals surface area (Å²) >= 11 is 13.3. The summed E-state index contributed by atoms with van der Waals surface area (Å²) in [6.45, 7) is 5.73. The van der Waals surface area contributed by atoms with Gasteiger partial charge in [-0.2, -0.15) is 0 Å². The number of carbonyl (C=O) groups excluding carboxylic acids is 1. The Kier molecular flexibility index (Phi) is 8.99. The third-order valence-electron chi connectivity index (χ3n) is 4.79. The third kappa shape index (κ3) is 6.48. The second-order valence-corrected chi connectivity index (χ2v) is 9.35. The molecule has 1 aromatic heterocycles. The summed E-state index contributed by atoms with van der Waals surface area (Å²) in [5, 5.41) is 4.59. The lowest BCUT2D eigenvalue weighted by molar-refractivity contribution is -0.120. The topological polar surface area (TPSA) is 73.2 Å². The molecular formula is C23H25Cl2N3O3S. The predicted octanol–water partition coefficient (Wildman–Crippen LogP) is 4.93. The second-order valence-electron chi connectivity index (χ2n) is 7.17. The van der Waals surface area contributed by atoms with Crippen LogP contribution in [0.2, 0.25) is 10.0 Å².